The molecule has 2 heteroatoms. The molecular weight excluding hydrogens is 360 g/mol. The van der Waals surface area contributed by atoms with E-state index in [0.29, 0.717) is 11.2 Å². The van der Waals surface area contributed by atoms with Crippen molar-refractivity contribution in [3.8, 4) is 0 Å². The minimum atomic E-state index is -0.457. The van der Waals surface area contributed by atoms with Crippen molar-refractivity contribution in [1.29, 1.82) is 0 Å². The molecule has 2 atom stereocenters. The average Bonchev–Trinajstić information content (AvgIpc) is 3.27. The number of fused-ring (bicyclic) bond motifs is 3. The van der Waals surface area contributed by atoms with Crippen LogP contribution in [0.15, 0.2) is 86.0 Å². The van der Waals surface area contributed by atoms with Crippen LogP contribution in [0.5, 0.6) is 0 Å². The third kappa shape index (κ3) is 2.43. The number of hydrogen-bond donors (Lipinski definition) is 0. The highest BCUT2D eigenvalue weighted by molar-refractivity contribution is 8.03. The zero-order chi connectivity index (χ0) is 18.9. The van der Waals surface area contributed by atoms with Crippen LogP contribution in [-0.4, -0.2) is 14.0 Å². The van der Waals surface area contributed by atoms with Crippen LogP contribution >= 0.6 is 11.8 Å². The first-order valence-corrected chi connectivity index (χ1v) is 13.2. The summed E-state index contributed by atoms with van der Waals surface area (Å²) >= 11 is 2.00. The summed E-state index contributed by atoms with van der Waals surface area (Å²) in [6.45, 7) is 11.8. The Balaban J connectivity index is 1.60. The number of hydrogen-bond acceptors (Lipinski definition) is 1. The minimum Gasteiger partial charge on any atom is -0.121 e. The van der Waals surface area contributed by atoms with Gasteiger partial charge in [0.05, 0.1) is 14.0 Å². The van der Waals surface area contributed by atoms with Crippen molar-refractivity contribution >= 4 is 26.6 Å². The minimum absolute atomic E-state index is 0.422. The molecule has 0 saturated carbocycles. The molecule has 0 spiro atoms. The standard InChI is InChI=1S/C25H25SSi/c1-14-10-17-8-6-7-9-18(17)23(14)21-13-26-22-12-20-19(16(3)24(21)22)11-15(2)25(20)27(4)5/h6-13,22-23H,1-5H3. The fraction of sp³-hybridized carbons (Fsp3) is 0.280. The largest absolute Gasteiger partial charge is 0.121 e. The summed E-state index contributed by atoms with van der Waals surface area (Å²) in [5, 5.41) is 4.58. The van der Waals surface area contributed by atoms with Gasteiger partial charge in [-0.3, -0.25) is 0 Å². The van der Waals surface area contributed by atoms with E-state index in [-0.39, 0.29) is 0 Å². The summed E-state index contributed by atoms with van der Waals surface area (Å²) in [6.07, 6.45) is 7.38. The number of thioether (sulfide) groups is 1. The first-order chi connectivity index (χ1) is 13.0. The molecule has 1 radical (unpaired) electrons. The van der Waals surface area contributed by atoms with Gasteiger partial charge in [-0.05, 0) is 65.2 Å². The summed E-state index contributed by atoms with van der Waals surface area (Å²) < 4.78 is 0. The summed E-state index contributed by atoms with van der Waals surface area (Å²) in [7, 11) is -0.457. The maximum atomic E-state index is 2.56. The molecule has 1 heterocycles. The van der Waals surface area contributed by atoms with Crippen molar-refractivity contribution in [2.24, 2.45) is 0 Å². The Morgan fingerprint density at radius 3 is 2.52 bits per heavy atom. The smallest absolute Gasteiger partial charge is 0.0803 e. The van der Waals surface area contributed by atoms with Crippen LogP contribution in [0.2, 0.25) is 13.1 Å². The van der Waals surface area contributed by atoms with E-state index < -0.39 is 8.80 Å². The van der Waals surface area contributed by atoms with Gasteiger partial charge in [-0.2, -0.15) is 0 Å². The van der Waals surface area contributed by atoms with Crippen molar-refractivity contribution in [2.45, 2.75) is 45.0 Å². The number of rotatable bonds is 2. The lowest BCUT2D eigenvalue weighted by Gasteiger charge is -2.28. The van der Waals surface area contributed by atoms with E-state index >= 15 is 0 Å². The van der Waals surface area contributed by atoms with Gasteiger partial charge < -0.3 is 0 Å². The zero-order valence-corrected chi connectivity index (χ0v) is 18.5. The summed E-state index contributed by atoms with van der Waals surface area (Å²) in [4.78, 5) is 0. The molecule has 3 aliphatic carbocycles. The van der Waals surface area contributed by atoms with Crippen LogP contribution in [0.25, 0.3) is 6.08 Å². The Hall–Kier alpha value is -1.77. The van der Waals surface area contributed by atoms with E-state index in [1.807, 2.05) is 11.8 Å². The fourth-order valence-electron chi connectivity index (χ4n) is 5.27. The van der Waals surface area contributed by atoms with Crippen LogP contribution in [0, 0.1) is 0 Å². The Morgan fingerprint density at radius 1 is 0.963 bits per heavy atom. The lowest BCUT2D eigenvalue weighted by molar-refractivity contribution is 0.939. The van der Waals surface area contributed by atoms with Crippen LogP contribution in [0.1, 0.15) is 37.8 Å². The van der Waals surface area contributed by atoms with Gasteiger partial charge >= 0.3 is 0 Å². The van der Waals surface area contributed by atoms with E-state index in [1.165, 1.54) is 39.0 Å². The quantitative estimate of drug-likeness (QED) is 0.494. The van der Waals surface area contributed by atoms with Gasteiger partial charge in [0.15, 0.2) is 0 Å². The van der Waals surface area contributed by atoms with Crippen LogP contribution in [0.3, 0.4) is 0 Å². The second-order valence-electron chi connectivity index (χ2n) is 8.32. The molecule has 2 unspecified atom stereocenters. The van der Waals surface area contributed by atoms with E-state index in [1.54, 1.807) is 16.3 Å². The molecule has 0 bridgehead atoms. The van der Waals surface area contributed by atoms with Crippen LogP contribution in [0.4, 0.5) is 0 Å². The van der Waals surface area contributed by atoms with Crippen molar-refractivity contribution < 1.29 is 0 Å². The first-order valence-electron chi connectivity index (χ1n) is 9.77. The molecule has 1 aromatic rings. The summed E-state index contributed by atoms with van der Waals surface area (Å²) in [5.41, 5.74) is 13.5. The zero-order valence-electron chi connectivity index (χ0n) is 16.7. The summed E-state index contributed by atoms with van der Waals surface area (Å²) in [6, 6.07) is 8.90. The molecule has 135 valence electrons. The van der Waals surface area contributed by atoms with Crippen molar-refractivity contribution in [3.05, 3.63) is 97.2 Å². The van der Waals surface area contributed by atoms with E-state index in [2.05, 4.69) is 81.8 Å². The lowest BCUT2D eigenvalue weighted by Crippen LogP contribution is -2.17. The third-order valence-corrected chi connectivity index (χ3v) is 9.05. The van der Waals surface area contributed by atoms with Crippen LogP contribution < -0.4 is 0 Å². The molecule has 0 nitrogen and oxygen atoms in total. The molecule has 4 aliphatic rings. The number of benzene rings is 1. The van der Waals surface area contributed by atoms with Gasteiger partial charge in [-0.25, -0.2) is 0 Å². The Labute approximate surface area is 168 Å². The topological polar surface area (TPSA) is 0 Å². The SMILES string of the molecule is CC1=Cc2ccccc2C1C1=CSC2C=C3C(=CC(C)=C3[Si](C)C)C(C)=C12. The van der Waals surface area contributed by atoms with E-state index in [9.17, 15) is 0 Å². The normalized spacial score (nSPS) is 26.0. The first kappa shape index (κ1) is 17.3. The molecule has 1 aliphatic heterocycles. The molecule has 0 aromatic heterocycles. The fourth-order valence-corrected chi connectivity index (χ4v) is 8.10. The predicted octanol–water partition coefficient (Wildman–Crippen LogP) is 6.99. The molecule has 0 saturated heterocycles. The highest BCUT2D eigenvalue weighted by atomic mass is 32.2. The van der Waals surface area contributed by atoms with E-state index in [4.69, 9.17) is 0 Å². The van der Waals surface area contributed by atoms with Gasteiger partial charge in [-0.15, -0.1) is 11.8 Å². The highest BCUT2D eigenvalue weighted by Gasteiger charge is 2.38. The molecule has 0 fully saturated rings. The molecular formula is C25H25SSi. The Morgan fingerprint density at radius 2 is 1.74 bits per heavy atom. The van der Waals surface area contributed by atoms with Gasteiger partial charge in [-0.1, -0.05) is 71.9 Å². The Kier molecular flexibility index (Phi) is 3.93. The van der Waals surface area contributed by atoms with E-state index in [0.717, 1.165) is 0 Å². The van der Waals surface area contributed by atoms with Gasteiger partial charge in [0, 0.05) is 5.92 Å². The second kappa shape index (κ2) is 6.12. The van der Waals surface area contributed by atoms with Gasteiger partial charge in [0.2, 0.25) is 0 Å². The maximum Gasteiger partial charge on any atom is 0.0803 e. The third-order valence-electron chi connectivity index (χ3n) is 6.33. The van der Waals surface area contributed by atoms with Crippen molar-refractivity contribution in [2.75, 3.05) is 0 Å². The van der Waals surface area contributed by atoms with Crippen molar-refractivity contribution in [1.82, 2.24) is 0 Å². The van der Waals surface area contributed by atoms with Crippen LogP contribution in [-0.2, 0) is 0 Å². The highest BCUT2D eigenvalue weighted by Crippen LogP contribution is 2.54. The van der Waals surface area contributed by atoms with Gasteiger partial charge in [0.1, 0.15) is 0 Å². The molecule has 0 N–H and O–H groups in total. The van der Waals surface area contributed by atoms with Crippen molar-refractivity contribution in [3.63, 3.8) is 0 Å². The predicted molar refractivity (Wildman–Crippen MR) is 121 cm³/mol. The maximum absolute atomic E-state index is 2.56. The molecule has 1 aromatic carbocycles. The Bertz CT molecular complexity index is 1060. The van der Waals surface area contributed by atoms with Gasteiger partial charge in [0.25, 0.3) is 0 Å². The summed E-state index contributed by atoms with van der Waals surface area (Å²) in [5.74, 6) is 0.422. The monoisotopic (exact) mass is 385 g/mol. The molecule has 0 amide bonds. The molecule has 27 heavy (non-hydrogen) atoms. The lowest BCUT2D eigenvalue weighted by atomic mass is 9.78. The average molecular weight is 386 g/mol. The number of allylic oxidation sites excluding steroid dienone is 8. The molecule has 5 rings (SSSR count). The second-order valence-corrected chi connectivity index (χ2v) is 11.8.